The third kappa shape index (κ3) is 2.94. The first-order valence-corrected chi connectivity index (χ1v) is 8.32. The van der Waals surface area contributed by atoms with Crippen LogP contribution in [-0.4, -0.2) is 34.3 Å². The highest BCUT2D eigenvalue weighted by atomic mass is 15.3. The Labute approximate surface area is 133 Å². The number of aromatic nitrogens is 2. The Morgan fingerprint density at radius 3 is 2.64 bits per heavy atom. The summed E-state index contributed by atoms with van der Waals surface area (Å²) in [6.45, 7) is 11.6. The molecule has 4 heteroatoms. The van der Waals surface area contributed by atoms with Crippen LogP contribution in [0.25, 0.3) is 5.69 Å². The lowest BCUT2D eigenvalue weighted by Gasteiger charge is -2.26. The largest absolute Gasteiger partial charge is 0.311 e. The number of nitrogens with one attached hydrogen (secondary N) is 1. The molecule has 1 aliphatic heterocycles. The lowest BCUT2D eigenvalue weighted by molar-refractivity contribution is 0.265. The highest BCUT2D eigenvalue weighted by Gasteiger charge is 2.24. The van der Waals surface area contributed by atoms with E-state index in [1.807, 2.05) is 0 Å². The number of nitrogens with zero attached hydrogens (tertiary/aromatic N) is 3. The van der Waals surface area contributed by atoms with E-state index in [0.717, 1.165) is 39.1 Å². The molecule has 0 fully saturated rings. The topological polar surface area (TPSA) is 33.1 Å². The van der Waals surface area contributed by atoms with Crippen molar-refractivity contribution in [2.45, 2.75) is 40.3 Å². The molecule has 0 saturated heterocycles. The monoisotopic (exact) mass is 298 g/mol. The number of fused-ring (bicyclic) bond motifs is 1. The van der Waals surface area contributed by atoms with Gasteiger partial charge in [-0.1, -0.05) is 31.5 Å². The van der Waals surface area contributed by atoms with Gasteiger partial charge in [0.05, 0.1) is 17.1 Å². The van der Waals surface area contributed by atoms with Gasteiger partial charge in [0.2, 0.25) is 0 Å². The molecule has 22 heavy (non-hydrogen) atoms. The van der Waals surface area contributed by atoms with Crippen LogP contribution >= 0.6 is 0 Å². The van der Waals surface area contributed by atoms with Gasteiger partial charge in [0.15, 0.2) is 0 Å². The Morgan fingerprint density at radius 2 is 1.95 bits per heavy atom. The average molecular weight is 298 g/mol. The van der Waals surface area contributed by atoms with Crippen molar-refractivity contribution in [2.75, 3.05) is 19.6 Å². The van der Waals surface area contributed by atoms with Crippen molar-refractivity contribution in [3.05, 3.63) is 46.8 Å². The second kappa shape index (κ2) is 6.63. The van der Waals surface area contributed by atoms with E-state index in [4.69, 9.17) is 5.10 Å². The van der Waals surface area contributed by atoms with E-state index in [-0.39, 0.29) is 0 Å². The van der Waals surface area contributed by atoms with Crippen LogP contribution in [0.15, 0.2) is 24.3 Å². The molecule has 0 spiro atoms. The van der Waals surface area contributed by atoms with Crippen molar-refractivity contribution < 1.29 is 0 Å². The minimum Gasteiger partial charge on any atom is -0.311 e. The molecule has 0 radical (unpaired) electrons. The van der Waals surface area contributed by atoms with Crippen molar-refractivity contribution in [3.8, 4) is 5.69 Å². The van der Waals surface area contributed by atoms with Crippen molar-refractivity contribution in [2.24, 2.45) is 0 Å². The summed E-state index contributed by atoms with van der Waals surface area (Å²) in [5, 5.41) is 8.35. The van der Waals surface area contributed by atoms with Crippen molar-refractivity contribution in [1.29, 1.82) is 0 Å². The number of aryl methyl sites for hydroxylation is 1. The molecule has 0 aliphatic carbocycles. The molecule has 2 aromatic rings. The van der Waals surface area contributed by atoms with Crippen LogP contribution < -0.4 is 5.32 Å². The van der Waals surface area contributed by atoms with E-state index in [2.05, 4.69) is 59.9 Å². The Morgan fingerprint density at radius 1 is 1.18 bits per heavy atom. The zero-order chi connectivity index (χ0) is 15.5. The summed E-state index contributed by atoms with van der Waals surface area (Å²) in [5.41, 5.74) is 6.48. The number of hydrogen-bond donors (Lipinski definition) is 1. The van der Waals surface area contributed by atoms with E-state index in [1.54, 1.807) is 0 Å². The zero-order valence-corrected chi connectivity index (χ0v) is 13.9. The second-order valence-electron chi connectivity index (χ2n) is 6.02. The van der Waals surface area contributed by atoms with Gasteiger partial charge in [-0.2, -0.15) is 5.10 Å². The van der Waals surface area contributed by atoms with E-state index in [9.17, 15) is 0 Å². The standard InChI is InChI=1S/C18H26N4/c1-4-19-12-17-16-13-21(5-2)11-10-18(16)22(20-17)15-8-6-14(3)7-9-15/h6-9,19H,4-5,10-13H2,1-3H3. The molecular formula is C18H26N4. The SMILES string of the molecule is CCNCc1nn(-c2ccc(C)cc2)c2c1CN(CC)CC2. The molecule has 1 aromatic heterocycles. The minimum atomic E-state index is 0.856. The quantitative estimate of drug-likeness (QED) is 0.921. The number of rotatable bonds is 5. The fourth-order valence-electron chi connectivity index (χ4n) is 3.10. The molecule has 0 saturated carbocycles. The molecule has 1 N–H and O–H groups in total. The Balaban J connectivity index is 2.00. The molecule has 0 amide bonds. The smallest absolute Gasteiger partial charge is 0.0814 e. The molecule has 0 unspecified atom stereocenters. The Hall–Kier alpha value is -1.65. The van der Waals surface area contributed by atoms with E-state index < -0.39 is 0 Å². The summed E-state index contributed by atoms with van der Waals surface area (Å²) in [7, 11) is 0. The summed E-state index contributed by atoms with van der Waals surface area (Å²) in [5.74, 6) is 0. The second-order valence-corrected chi connectivity index (χ2v) is 6.02. The summed E-state index contributed by atoms with van der Waals surface area (Å²) < 4.78 is 2.16. The van der Waals surface area contributed by atoms with Gasteiger partial charge in [0, 0.05) is 31.6 Å². The highest BCUT2D eigenvalue weighted by molar-refractivity contribution is 5.40. The summed E-state index contributed by atoms with van der Waals surface area (Å²) in [4.78, 5) is 2.50. The van der Waals surface area contributed by atoms with Crippen LogP contribution in [0, 0.1) is 6.92 Å². The highest BCUT2D eigenvalue weighted by Crippen LogP contribution is 2.25. The van der Waals surface area contributed by atoms with Crippen molar-refractivity contribution in [1.82, 2.24) is 20.0 Å². The normalized spacial score (nSPS) is 15.0. The maximum atomic E-state index is 4.93. The van der Waals surface area contributed by atoms with E-state index >= 15 is 0 Å². The molecular weight excluding hydrogens is 272 g/mol. The summed E-state index contributed by atoms with van der Waals surface area (Å²) in [6, 6.07) is 8.67. The first-order chi connectivity index (χ1) is 10.7. The Kier molecular flexibility index (Phi) is 4.60. The Bertz CT molecular complexity index is 627. The van der Waals surface area contributed by atoms with Gasteiger partial charge in [-0.15, -0.1) is 0 Å². The third-order valence-corrected chi connectivity index (χ3v) is 4.49. The number of hydrogen-bond acceptors (Lipinski definition) is 3. The fraction of sp³-hybridized carbons (Fsp3) is 0.500. The van der Waals surface area contributed by atoms with Gasteiger partial charge < -0.3 is 5.32 Å². The first kappa shape index (κ1) is 15.3. The summed E-state index contributed by atoms with van der Waals surface area (Å²) >= 11 is 0. The van der Waals surface area contributed by atoms with Crippen LogP contribution in [0.5, 0.6) is 0 Å². The van der Waals surface area contributed by atoms with Gasteiger partial charge in [0.1, 0.15) is 0 Å². The van der Waals surface area contributed by atoms with Crippen LogP contribution in [0.4, 0.5) is 0 Å². The maximum absolute atomic E-state index is 4.93. The molecule has 3 rings (SSSR count). The molecule has 118 valence electrons. The van der Waals surface area contributed by atoms with Crippen molar-refractivity contribution in [3.63, 3.8) is 0 Å². The summed E-state index contributed by atoms with van der Waals surface area (Å²) in [6.07, 6.45) is 1.08. The van der Waals surface area contributed by atoms with Gasteiger partial charge in [-0.3, -0.25) is 4.90 Å². The van der Waals surface area contributed by atoms with Crippen molar-refractivity contribution >= 4 is 0 Å². The third-order valence-electron chi connectivity index (χ3n) is 4.49. The lowest BCUT2D eigenvalue weighted by Crippen LogP contribution is -2.31. The van der Waals surface area contributed by atoms with Gasteiger partial charge in [-0.05, 0) is 32.1 Å². The number of likely N-dealkylation sites (N-methyl/N-ethyl adjacent to an activating group) is 1. The molecule has 0 bridgehead atoms. The van der Waals surface area contributed by atoms with Crippen LogP contribution in [-0.2, 0) is 19.5 Å². The van der Waals surface area contributed by atoms with Crippen LogP contribution in [0.1, 0.15) is 36.4 Å². The number of benzene rings is 1. The first-order valence-electron chi connectivity index (χ1n) is 8.32. The van der Waals surface area contributed by atoms with Gasteiger partial charge >= 0.3 is 0 Å². The molecule has 2 heterocycles. The predicted molar refractivity (Wildman–Crippen MR) is 90.3 cm³/mol. The van der Waals surface area contributed by atoms with E-state index in [0.29, 0.717) is 0 Å². The zero-order valence-electron chi connectivity index (χ0n) is 13.9. The average Bonchev–Trinajstić information content (AvgIpc) is 2.91. The molecule has 1 aliphatic rings. The lowest BCUT2D eigenvalue weighted by atomic mass is 10.0. The molecule has 4 nitrogen and oxygen atoms in total. The maximum Gasteiger partial charge on any atom is 0.0814 e. The van der Waals surface area contributed by atoms with Crippen LogP contribution in [0.3, 0.4) is 0 Å². The van der Waals surface area contributed by atoms with Crippen LogP contribution in [0.2, 0.25) is 0 Å². The molecule has 0 atom stereocenters. The fourth-order valence-corrected chi connectivity index (χ4v) is 3.10. The molecule has 1 aromatic carbocycles. The minimum absolute atomic E-state index is 0.856. The van der Waals surface area contributed by atoms with Gasteiger partial charge in [-0.25, -0.2) is 4.68 Å². The van der Waals surface area contributed by atoms with E-state index in [1.165, 1.54) is 28.2 Å². The predicted octanol–water partition coefficient (Wildman–Crippen LogP) is 2.67. The van der Waals surface area contributed by atoms with Gasteiger partial charge in [0.25, 0.3) is 0 Å².